The highest BCUT2D eigenvalue weighted by Gasteiger charge is 2.42. The van der Waals surface area contributed by atoms with Crippen molar-refractivity contribution in [2.24, 2.45) is 0 Å². The van der Waals surface area contributed by atoms with Gasteiger partial charge in [0, 0.05) is 17.8 Å². The van der Waals surface area contributed by atoms with Crippen molar-refractivity contribution in [3.63, 3.8) is 0 Å². The van der Waals surface area contributed by atoms with Crippen LogP contribution < -0.4 is 5.32 Å². The van der Waals surface area contributed by atoms with Gasteiger partial charge in [-0.2, -0.15) is 0 Å². The van der Waals surface area contributed by atoms with Gasteiger partial charge < -0.3 is 14.6 Å². The molecule has 0 unspecified atom stereocenters. The molecule has 4 nitrogen and oxygen atoms in total. The Morgan fingerprint density at radius 3 is 2.50 bits per heavy atom. The molecule has 0 bridgehead atoms. The predicted molar refractivity (Wildman–Crippen MR) is 107 cm³/mol. The van der Waals surface area contributed by atoms with Crippen LogP contribution in [0.4, 0.5) is 0 Å². The minimum atomic E-state index is -0.0409. The quantitative estimate of drug-likeness (QED) is 0.679. The van der Waals surface area contributed by atoms with E-state index in [1.54, 1.807) is 0 Å². The van der Waals surface area contributed by atoms with E-state index in [1.807, 2.05) is 54.7 Å². The average molecular weight is 363 g/mol. The first-order chi connectivity index (χ1) is 12.6. The minimum absolute atomic E-state index is 0.0325. The molecule has 2 aromatic heterocycles. The fraction of sp³-hybridized carbons (Fsp3) is 0.238. The molecular formula is C21H21N3OS. The second kappa shape index (κ2) is 6.92. The molecule has 0 aliphatic carbocycles. The summed E-state index contributed by atoms with van der Waals surface area (Å²) in [7, 11) is 0. The van der Waals surface area contributed by atoms with Crippen LogP contribution in [0.25, 0.3) is 11.3 Å². The number of benzene rings is 1. The van der Waals surface area contributed by atoms with E-state index in [0.29, 0.717) is 0 Å². The first kappa shape index (κ1) is 16.8. The van der Waals surface area contributed by atoms with Crippen LogP contribution in [0.3, 0.4) is 0 Å². The standard InChI is InChI=1S/C21H21N3OS/c1-14(2)24-20(19(23-21(24)26)16-10-6-7-13-22-16)18-12-11-17(25-18)15-8-4-3-5-9-15/h3-14,19-20H,1-2H3,(H,23,26)/t19-,20+/m1/s1. The summed E-state index contributed by atoms with van der Waals surface area (Å²) in [6, 6.07) is 20.3. The zero-order valence-corrected chi connectivity index (χ0v) is 15.6. The van der Waals surface area contributed by atoms with Crippen molar-refractivity contribution in [1.82, 2.24) is 15.2 Å². The first-order valence-electron chi connectivity index (χ1n) is 8.80. The molecule has 1 fully saturated rings. The normalized spacial score (nSPS) is 19.8. The monoisotopic (exact) mass is 363 g/mol. The Morgan fingerprint density at radius 1 is 1.04 bits per heavy atom. The Labute approximate surface area is 158 Å². The summed E-state index contributed by atoms with van der Waals surface area (Å²) in [5, 5.41) is 4.17. The third kappa shape index (κ3) is 2.99. The highest BCUT2D eigenvalue weighted by molar-refractivity contribution is 7.80. The van der Waals surface area contributed by atoms with Crippen molar-refractivity contribution in [2.75, 3.05) is 0 Å². The summed E-state index contributed by atoms with van der Waals surface area (Å²) in [6.07, 6.45) is 1.81. The molecule has 5 heteroatoms. The van der Waals surface area contributed by atoms with Gasteiger partial charge in [-0.1, -0.05) is 36.4 Å². The van der Waals surface area contributed by atoms with Gasteiger partial charge in [0.05, 0.1) is 11.7 Å². The number of aromatic nitrogens is 1. The lowest BCUT2D eigenvalue weighted by atomic mass is 10.0. The number of rotatable bonds is 4. The van der Waals surface area contributed by atoms with Crippen LogP contribution in [-0.2, 0) is 0 Å². The molecule has 2 atom stereocenters. The third-order valence-electron chi connectivity index (χ3n) is 4.67. The van der Waals surface area contributed by atoms with E-state index in [2.05, 4.69) is 41.2 Å². The molecule has 4 rings (SSSR count). The number of thiocarbonyl (C=S) groups is 1. The molecule has 1 aromatic carbocycles. The van der Waals surface area contributed by atoms with E-state index in [1.165, 1.54) is 0 Å². The lowest BCUT2D eigenvalue weighted by Crippen LogP contribution is -2.35. The van der Waals surface area contributed by atoms with Crippen LogP contribution in [0.15, 0.2) is 71.3 Å². The fourth-order valence-corrected chi connectivity index (χ4v) is 3.95. The molecule has 1 aliphatic rings. The van der Waals surface area contributed by atoms with Crippen LogP contribution in [-0.4, -0.2) is 21.0 Å². The second-order valence-electron chi connectivity index (χ2n) is 6.70. The molecule has 26 heavy (non-hydrogen) atoms. The summed E-state index contributed by atoms with van der Waals surface area (Å²) in [4.78, 5) is 6.74. The van der Waals surface area contributed by atoms with E-state index >= 15 is 0 Å². The van der Waals surface area contributed by atoms with E-state index in [9.17, 15) is 0 Å². The molecule has 0 saturated carbocycles. The lowest BCUT2D eigenvalue weighted by molar-refractivity contribution is 0.237. The van der Waals surface area contributed by atoms with Gasteiger partial charge in [-0.25, -0.2) is 0 Å². The molecule has 132 valence electrons. The molecule has 3 heterocycles. The summed E-state index contributed by atoms with van der Waals surface area (Å²) < 4.78 is 6.27. The van der Waals surface area contributed by atoms with Gasteiger partial charge in [0.25, 0.3) is 0 Å². The summed E-state index contributed by atoms with van der Waals surface area (Å²) in [6.45, 7) is 4.28. The number of hydrogen-bond donors (Lipinski definition) is 1. The van der Waals surface area contributed by atoms with Crippen LogP contribution in [0.2, 0.25) is 0 Å². The van der Waals surface area contributed by atoms with Crippen molar-refractivity contribution in [1.29, 1.82) is 0 Å². The molecule has 1 N–H and O–H groups in total. The van der Waals surface area contributed by atoms with Gasteiger partial charge in [0.2, 0.25) is 0 Å². The molecule has 1 saturated heterocycles. The number of pyridine rings is 1. The maximum atomic E-state index is 6.27. The SMILES string of the molecule is CC(C)N1C(=S)N[C@H](c2ccccn2)[C@@H]1c1ccc(-c2ccccc2)o1. The molecule has 0 amide bonds. The van der Waals surface area contributed by atoms with Gasteiger partial charge >= 0.3 is 0 Å². The largest absolute Gasteiger partial charge is 0.459 e. The highest BCUT2D eigenvalue weighted by Crippen LogP contribution is 2.41. The summed E-state index contributed by atoms with van der Waals surface area (Å²) in [5.74, 6) is 1.75. The molecule has 3 aromatic rings. The summed E-state index contributed by atoms with van der Waals surface area (Å²) >= 11 is 5.62. The lowest BCUT2D eigenvalue weighted by Gasteiger charge is -2.29. The van der Waals surface area contributed by atoms with E-state index in [0.717, 1.165) is 27.9 Å². The second-order valence-corrected chi connectivity index (χ2v) is 7.08. The Bertz CT molecular complexity index is 892. The van der Waals surface area contributed by atoms with Gasteiger partial charge in [-0.05, 0) is 50.3 Å². The van der Waals surface area contributed by atoms with E-state index in [-0.39, 0.29) is 18.1 Å². The van der Waals surface area contributed by atoms with Crippen LogP contribution >= 0.6 is 12.2 Å². The van der Waals surface area contributed by atoms with Crippen LogP contribution in [0.1, 0.15) is 37.4 Å². The van der Waals surface area contributed by atoms with Gasteiger partial charge in [0.1, 0.15) is 17.6 Å². The maximum Gasteiger partial charge on any atom is 0.170 e. The van der Waals surface area contributed by atoms with Crippen molar-refractivity contribution in [3.8, 4) is 11.3 Å². The van der Waals surface area contributed by atoms with Crippen LogP contribution in [0, 0.1) is 0 Å². The minimum Gasteiger partial charge on any atom is -0.459 e. The van der Waals surface area contributed by atoms with Crippen molar-refractivity contribution < 1.29 is 4.42 Å². The van der Waals surface area contributed by atoms with Crippen molar-refractivity contribution in [2.45, 2.75) is 32.0 Å². The smallest absolute Gasteiger partial charge is 0.170 e. The van der Waals surface area contributed by atoms with E-state index < -0.39 is 0 Å². The Morgan fingerprint density at radius 2 is 1.81 bits per heavy atom. The van der Waals surface area contributed by atoms with E-state index in [4.69, 9.17) is 16.6 Å². The van der Waals surface area contributed by atoms with Gasteiger partial charge in [0.15, 0.2) is 5.11 Å². The van der Waals surface area contributed by atoms with Crippen LogP contribution in [0.5, 0.6) is 0 Å². The highest BCUT2D eigenvalue weighted by atomic mass is 32.1. The third-order valence-corrected chi connectivity index (χ3v) is 5.00. The summed E-state index contributed by atoms with van der Waals surface area (Å²) in [5.41, 5.74) is 2.03. The molecule has 0 radical (unpaired) electrons. The average Bonchev–Trinajstić information content (AvgIpc) is 3.27. The number of nitrogens with one attached hydrogen (secondary N) is 1. The Kier molecular flexibility index (Phi) is 4.47. The number of nitrogens with zero attached hydrogens (tertiary/aromatic N) is 2. The zero-order valence-electron chi connectivity index (χ0n) is 14.8. The maximum absolute atomic E-state index is 6.27. The van der Waals surface area contributed by atoms with Crippen molar-refractivity contribution in [3.05, 3.63) is 78.3 Å². The Balaban J connectivity index is 1.75. The first-order valence-corrected chi connectivity index (χ1v) is 9.21. The molecular weight excluding hydrogens is 342 g/mol. The van der Waals surface area contributed by atoms with Gasteiger partial charge in [-0.3, -0.25) is 4.98 Å². The number of furan rings is 1. The fourth-order valence-electron chi connectivity index (χ4n) is 3.50. The topological polar surface area (TPSA) is 41.3 Å². The van der Waals surface area contributed by atoms with Crippen molar-refractivity contribution >= 4 is 17.3 Å². The predicted octanol–water partition coefficient (Wildman–Crippen LogP) is 4.72. The zero-order chi connectivity index (χ0) is 18.1. The van der Waals surface area contributed by atoms with Gasteiger partial charge in [-0.15, -0.1) is 0 Å². The molecule has 0 spiro atoms. The molecule has 1 aliphatic heterocycles. The Hall–Kier alpha value is -2.66. The number of hydrogen-bond acceptors (Lipinski definition) is 3.